The van der Waals surface area contributed by atoms with Crippen molar-refractivity contribution in [3.63, 3.8) is 0 Å². The van der Waals surface area contributed by atoms with Gasteiger partial charge >= 0.3 is 0 Å². The van der Waals surface area contributed by atoms with Crippen molar-refractivity contribution in [1.82, 2.24) is 0 Å². The number of nitrogens with one attached hydrogen (secondary N) is 1. The smallest absolute Gasteiger partial charge is 0.0945 e. The SMILES string of the molecule is Cc1c(Br)cccc1NCC(O)COC1CCCCC1. The van der Waals surface area contributed by atoms with Crippen LogP contribution in [0, 0.1) is 6.92 Å². The Hall–Kier alpha value is -0.580. The normalized spacial score (nSPS) is 17.9. The lowest BCUT2D eigenvalue weighted by Crippen LogP contribution is -2.28. The van der Waals surface area contributed by atoms with Crippen molar-refractivity contribution in [3.8, 4) is 0 Å². The molecule has 1 fully saturated rings. The second kappa shape index (κ2) is 8.01. The highest BCUT2D eigenvalue weighted by molar-refractivity contribution is 9.10. The van der Waals surface area contributed by atoms with Crippen LogP contribution in [0.3, 0.4) is 0 Å². The first-order valence-electron chi connectivity index (χ1n) is 7.45. The van der Waals surface area contributed by atoms with Crippen molar-refractivity contribution in [2.45, 2.75) is 51.2 Å². The number of ether oxygens (including phenoxy) is 1. The Morgan fingerprint density at radius 3 is 2.85 bits per heavy atom. The molecule has 1 unspecified atom stereocenters. The Labute approximate surface area is 129 Å². The van der Waals surface area contributed by atoms with Crippen molar-refractivity contribution in [3.05, 3.63) is 28.2 Å². The van der Waals surface area contributed by atoms with E-state index in [0.29, 0.717) is 19.3 Å². The molecule has 1 saturated carbocycles. The zero-order valence-electron chi connectivity index (χ0n) is 12.1. The first kappa shape index (κ1) is 15.8. The largest absolute Gasteiger partial charge is 0.389 e. The quantitative estimate of drug-likeness (QED) is 0.824. The summed E-state index contributed by atoms with van der Waals surface area (Å²) in [6, 6.07) is 6.03. The highest BCUT2D eigenvalue weighted by Gasteiger charge is 2.15. The Morgan fingerprint density at radius 2 is 2.10 bits per heavy atom. The van der Waals surface area contributed by atoms with Gasteiger partial charge in [-0.1, -0.05) is 41.3 Å². The molecule has 1 aliphatic carbocycles. The third kappa shape index (κ3) is 4.76. The molecule has 0 aromatic heterocycles. The van der Waals surface area contributed by atoms with E-state index in [0.717, 1.165) is 28.6 Å². The summed E-state index contributed by atoms with van der Waals surface area (Å²) < 4.78 is 6.87. The molecule has 20 heavy (non-hydrogen) atoms. The van der Waals surface area contributed by atoms with E-state index in [4.69, 9.17) is 4.74 Å². The van der Waals surface area contributed by atoms with Crippen LogP contribution in [-0.4, -0.2) is 30.5 Å². The molecule has 0 amide bonds. The van der Waals surface area contributed by atoms with Crippen molar-refractivity contribution in [2.24, 2.45) is 0 Å². The van der Waals surface area contributed by atoms with E-state index in [2.05, 4.69) is 28.2 Å². The minimum Gasteiger partial charge on any atom is -0.389 e. The number of rotatable bonds is 6. The first-order chi connectivity index (χ1) is 9.66. The second-order valence-corrected chi connectivity index (χ2v) is 6.39. The molecule has 2 N–H and O–H groups in total. The molecule has 1 atom stereocenters. The summed E-state index contributed by atoms with van der Waals surface area (Å²) in [6.45, 7) is 2.99. The molecule has 3 nitrogen and oxygen atoms in total. The van der Waals surface area contributed by atoms with Crippen molar-refractivity contribution < 1.29 is 9.84 Å². The molecular weight excluding hydrogens is 318 g/mol. The van der Waals surface area contributed by atoms with Crippen LogP contribution in [0.5, 0.6) is 0 Å². The van der Waals surface area contributed by atoms with Crippen LogP contribution < -0.4 is 5.32 Å². The fraction of sp³-hybridized carbons (Fsp3) is 0.625. The van der Waals surface area contributed by atoms with Gasteiger partial charge in [-0.25, -0.2) is 0 Å². The summed E-state index contributed by atoms with van der Waals surface area (Å²) in [5, 5.41) is 13.3. The first-order valence-corrected chi connectivity index (χ1v) is 8.25. The highest BCUT2D eigenvalue weighted by Crippen LogP contribution is 2.23. The molecule has 0 bridgehead atoms. The minimum atomic E-state index is -0.463. The predicted molar refractivity (Wildman–Crippen MR) is 86.2 cm³/mol. The number of halogens is 1. The molecule has 2 rings (SSSR count). The van der Waals surface area contributed by atoms with Gasteiger partial charge in [-0.2, -0.15) is 0 Å². The fourth-order valence-electron chi connectivity index (χ4n) is 2.56. The van der Waals surface area contributed by atoms with Crippen LogP contribution >= 0.6 is 15.9 Å². The maximum Gasteiger partial charge on any atom is 0.0945 e. The van der Waals surface area contributed by atoms with Crippen LogP contribution in [0.2, 0.25) is 0 Å². The summed E-state index contributed by atoms with van der Waals surface area (Å²) >= 11 is 3.51. The van der Waals surface area contributed by atoms with E-state index in [1.54, 1.807) is 0 Å². The summed E-state index contributed by atoms with van der Waals surface area (Å²) in [7, 11) is 0. The van der Waals surface area contributed by atoms with E-state index in [-0.39, 0.29) is 0 Å². The fourth-order valence-corrected chi connectivity index (χ4v) is 2.93. The van der Waals surface area contributed by atoms with E-state index in [9.17, 15) is 5.11 Å². The Morgan fingerprint density at radius 1 is 1.35 bits per heavy atom. The molecule has 0 heterocycles. The van der Waals surface area contributed by atoms with E-state index < -0.39 is 6.10 Å². The number of hydrogen-bond acceptors (Lipinski definition) is 3. The molecule has 1 aromatic rings. The standard InChI is InChI=1S/C16H24BrNO2/c1-12-15(17)8-5-9-16(12)18-10-13(19)11-20-14-6-3-2-4-7-14/h5,8-9,13-14,18-19H,2-4,6-7,10-11H2,1H3. The molecule has 1 aliphatic rings. The minimum absolute atomic E-state index is 0.353. The van der Waals surface area contributed by atoms with Gasteiger partial charge in [0.2, 0.25) is 0 Å². The van der Waals surface area contributed by atoms with Crippen molar-refractivity contribution in [2.75, 3.05) is 18.5 Å². The number of aliphatic hydroxyl groups excluding tert-OH is 1. The van der Waals surface area contributed by atoms with Crippen LogP contribution in [0.25, 0.3) is 0 Å². The van der Waals surface area contributed by atoms with E-state index >= 15 is 0 Å². The molecule has 4 heteroatoms. The van der Waals surface area contributed by atoms with Crippen LogP contribution in [0.15, 0.2) is 22.7 Å². The van der Waals surface area contributed by atoms with Gasteiger partial charge in [-0.05, 0) is 37.5 Å². The number of hydrogen-bond donors (Lipinski definition) is 2. The molecule has 0 radical (unpaired) electrons. The number of anilines is 1. The summed E-state index contributed by atoms with van der Waals surface area (Å²) in [4.78, 5) is 0. The van der Waals surface area contributed by atoms with Gasteiger partial charge in [0.05, 0.1) is 18.8 Å². The molecule has 0 aliphatic heterocycles. The third-order valence-electron chi connectivity index (χ3n) is 3.87. The number of aliphatic hydroxyl groups is 1. The zero-order valence-corrected chi connectivity index (χ0v) is 13.7. The van der Waals surface area contributed by atoms with E-state index in [1.165, 1.54) is 19.3 Å². The zero-order chi connectivity index (χ0) is 14.4. The van der Waals surface area contributed by atoms with Gasteiger partial charge < -0.3 is 15.2 Å². The van der Waals surface area contributed by atoms with Gasteiger partial charge in [0, 0.05) is 16.7 Å². The summed E-state index contributed by atoms with van der Waals surface area (Å²) in [6.07, 6.45) is 6.02. The lowest BCUT2D eigenvalue weighted by Gasteiger charge is -2.23. The molecule has 0 spiro atoms. The Bertz CT molecular complexity index is 419. The topological polar surface area (TPSA) is 41.5 Å². The lowest BCUT2D eigenvalue weighted by atomic mass is 9.98. The van der Waals surface area contributed by atoms with Gasteiger partial charge in [-0.3, -0.25) is 0 Å². The highest BCUT2D eigenvalue weighted by atomic mass is 79.9. The van der Waals surface area contributed by atoms with Gasteiger partial charge in [-0.15, -0.1) is 0 Å². The maximum absolute atomic E-state index is 10.0. The average molecular weight is 342 g/mol. The number of benzene rings is 1. The van der Waals surface area contributed by atoms with Crippen molar-refractivity contribution in [1.29, 1.82) is 0 Å². The van der Waals surface area contributed by atoms with Gasteiger partial charge in [0.25, 0.3) is 0 Å². The lowest BCUT2D eigenvalue weighted by molar-refractivity contribution is -0.0195. The summed E-state index contributed by atoms with van der Waals surface area (Å²) in [5.41, 5.74) is 2.21. The Kier molecular flexibility index (Phi) is 6.33. The maximum atomic E-state index is 10.0. The van der Waals surface area contributed by atoms with Crippen LogP contribution in [-0.2, 0) is 4.74 Å². The van der Waals surface area contributed by atoms with Crippen molar-refractivity contribution >= 4 is 21.6 Å². The molecular formula is C16H24BrNO2. The third-order valence-corrected chi connectivity index (χ3v) is 4.73. The predicted octanol–water partition coefficient (Wildman–Crippen LogP) is 3.88. The Balaban J connectivity index is 1.71. The molecule has 0 saturated heterocycles. The van der Waals surface area contributed by atoms with E-state index in [1.807, 2.05) is 18.2 Å². The van der Waals surface area contributed by atoms with Crippen LogP contribution in [0.4, 0.5) is 5.69 Å². The second-order valence-electron chi connectivity index (χ2n) is 5.54. The van der Waals surface area contributed by atoms with Gasteiger partial charge in [0.15, 0.2) is 0 Å². The van der Waals surface area contributed by atoms with Gasteiger partial charge in [0.1, 0.15) is 0 Å². The average Bonchev–Trinajstić information content (AvgIpc) is 2.48. The molecule has 112 valence electrons. The summed E-state index contributed by atoms with van der Waals surface area (Å²) in [5.74, 6) is 0. The monoisotopic (exact) mass is 341 g/mol. The van der Waals surface area contributed by atoms with Crippen LogP contribution in [0.1, 0.15) is 37.7 Å². The molecule has 1 aromatic carbocycles.